The Hall–Kier alpha value is -4.40. The molecule has 1 heterocycles. The van der Waals surface area contributed by atoms with E-state index >= 15 is 0 Å². The molecule has 4 aromatic rings. The third kappa shape index (κ3) is 3.90. The van der Waals surface area contributed by atoms with Gasteiger partial charge in [-0.3, -0.25) is 14.9 Å². The van der Waals surface area contributed by atoms with Gasteiger partial charge in [-0.2, -0.15) is 0 Å². The zero-order chi connectivity index (χ0) is 21.1. The van der Waals surface area contributed by atoms with Crippen LogP contribution in [0.4, 0.5) is 15.8 Å². The van der Waals surface area contributed by atoms with Crippen LogP contribution in [0.15, 0.2) is 78.9 Å². The molecule has 1 N–H and O–H groups in total. The number of carbonyl (C=O) groups is 1. The van der Waals surface area contributed by atoms with E-state index in [1.165, 1.54) is 53.2 Å². The van der Waals surface area contributed by atoms with Crippen LogP contribution in [0.2, 0.25) is 0 Å². The third-order valence-corrected chi connectivity index (χ3v) is 4.23. The van der Waals surface area contributed by atoms with Gasteiger partial charge in [0, 0.05) is 23.4 Å². The maximum Gasteiger partial charge on any atom is 0.295 e. The number of non-ortho nitro benzene ring substituents is 1. The first-order valence-electron chi connectivity index (χ1n) is 8.85. The standard InChI is InChI=1S/C21H14FN5O3/c22-15-9-11-17(12-10-15)26-20(14-5-2-1-3-6-14)24-19(25-26)21(28)23-16-7-4-8-18(13-16)27(29)30/h1-13H,(H,23,28). The van der Waals surface area contributed by atoms with Gasteiger partial charge in [0.15, 0.2) is 5.82 Å². The average Bonchev–Trinajstić information content (AvgIpc) is 3.21. The lowest BCUT2D eigenvalue weighted by Crippen LogP contribution is -2.14. The molecule has 3 aromatic carbocycles. The predicted octanol–water partition coefficient (Wildman–Crippen LogP) is 4.23. The molecule has 0 saturated carbocycles. The Morgan fingerprint density at radius 2 is 1.73 bits per heavy atom. The van der Waals surface area contributed by atoms with Gasteiger partial charge in [0.1, 0.15) is 5.82 Å². The first kappa shape index (κ1) is 18.9. The molecule has 148 valence electrons. The smallest absolute Gasteiger partial charge is 0.295 e. The number of nitrogens with one attached hydrogen (secondary N) is 1. The van der Waals surface area contributed by atoms with Crippen molar-refractivity contribution in [3.8, 4) is 17.1 Å². The molecule has 9 heteroatoms. The monoisotopic (exact) mass is 403 g/mol. The number of nitro benzene ring substituents is 1. The second-order valence-electron chi connectivity index (χ2n) is 6.27. The van der Waals surface area contributed by atoms with Crippen LogP contribution in [0, 0.1) is 15.9 Å². The van der Waals surface area contributed by atoms with Crippen molar-refractivity contribution in [3.05, 3.63) is 101 Å². The van der Waals surface area contributed by atoms with Gasteiger partial charge in [-0.25, -0.2) is 14.1 Å². The summed E-state index contributed by atoms with van der Waals surface area (Å²) in [5.74, 6) is -0.770. The maximum atomic E-state index is 13.3. The van der Waals surface area contributed by atoms with Gasteiger partial charge >= 0.3 is 0 Å². The quantitative estimate of drug-likeness (QED) is 0.397. The minimum absolute atomic E-state index is 0.135. The van der Waals surface area contributed by atoms with Crippen molar-refractivity contribution in [2.75, 3.05) is 5.32 Å². The molecule has 1 aromatic heterocycles. The van der Waals surface area contributed by atoms with Crippen LogP contribution in [0.5, 0.6) is 0 Å². The van der Waals surface area contributed by atoms with E-state index in [9.17, 15) is 19.3 Å². The molecule has 1 amide bonds. The predicted molar refractivity (Wildman–Crippen MR) is 108 cm³/mol. The zero-order valence-electron chi connectivity index (χ0n) is 15.4. The van der Waals surface area contributed by atoms with Gasteiger partial charge in [0.05, 0.1) is 10.6 Å². The van der Waals surface area contributed by atoms with E-state index in [0.717, 1.165) is 0 Å². The van der Waals surface area contributed by atoms with Gasteiger partial charge < -0.3 is 5.32 Å². The van der Waals surface area contributed by atoms with E-state index in [0.29, 0.717) is 17.1 Å². The maximum absolute atomic E-state index is 13.3. The summed E-state index contributed by atoms with van der Waals surface area (Å²) < 4.78 is 14.8. The van der Waals surface area contributed by atoms with Crippen molar-refractivity contribution in [2.24, 2.45) is 0 Å². The topological polar surface area (TPSA) is 103 Å². The Morgan fingerprint density at radius 3 is 2.43 bits per heavy atom. The van der Waals surface area contributed by atoms with E-state index < -0.39 is 16.6 Å². The van der Waals surface area contributed by atoms with Crippen LogP contribution >= 0.6 is 0 Å². The first-order valence-corrected chi connectivity index (χ1v) is 8.85. The second-order valence-corrected chi connectivity index (χ2v) is 6.27. The normalized spacial score (nSPS) is 10.6. The summed E-state index contributed by atoms with van der Waals surface area (Å²) in [4.78, 5) is 27.4. The Balaban J connectivity index is 1.72. The van der Waals surface area contributed by atoms with E-state index in [4.69, 9.17) is 0 Å². The van der Waals surface area contributed by atoms with Gasteiger partial charge in [-0.1, -0.05) is 36.4 Å². The molecular weight excluding hydrogens is 389 g/mol. The minimum atomic E-state index is -0.631. The number of hydrogen-bond acceptors (Lipinski definition) is 5. The molecule has 0 unspecified atom stereocenters. The number of hydrogen-bond donors (Lipinski definition) is 1. The highest BCUT2D eigenvalue weighted by Crippen LogP contribution is 2.22. The Morgan fingerprint density at radius 1 is 1.00 bits per heavy atom. The molecule has 0 spiro atoms. The Kier molecular flexibility index (Phi) is 5.00. The third-order valence-electron chi connectivity index (χ3n) is 4.23. The van der Waals surface area contributed by atoms with Crippen molar-refractivity contribution in [3.63, 3.8) is 0 Å². The highest BCUT2D eigenvalue weighted by atomic mass is 19.1. The molecule has 0 aliphatic heterocycles. The summed E-state index contributed by atoms with van der Waals surface area (Å²) in [6.07, 6.45) is 0. The fourth-order valence-corrected chi connectivity index (χ4v) is 2.83. The van der Waals surface area contributed by atoms with Crippen LogP contribution in [0.3, 0.4) is 0 Å². The first-order chi connectivity index (χ1) is 14.5. The molecule has 8 nitrogen and oxygen atoms in total. The highest BCUT2D eigenvalue weighted by molar-refractivity contribution is 6.02. The number of nitrogens with zero attached hydrogens (tertiary/aromatic N) is 4. The van der Waals surface area contributed by atoms with Crippen molar-refractivity contribution >= 4 is 17.3 Å². The number of rotatable bonds is 5. The van der Waals surface area contributed by atoms with E-state index in [1.807, 2.05) is 30.3 Å². The number of benzene rings is 3. The van der Waals surface area contributed by atoms with E-state index in [2.05, 4.69) is 15.4 Å². The van der Waals surface area contributed by atoms with Crippen LogP contribution in [-0.2, 0) is 0 Å². The van der Waals surface area contributed by atoms with Crippen LogP contribution in [0.25, 0.3) is 17.1 Å². The fourth-order valence-electron chi connectivity index (χ4n) is 2.83. The number of halogens is 1. The number of anilines is 1. The molecule has 0 saturated heterocycles. The zero-order valence-corrected chi connectivity index (χ0v) is 15.4. The summed E-state index contributed by atoms with van der Waals surface area (Å²) in [6.45, 7) is 0. The fraction of sp³-hybridized carbons (Fsp3) is 0. The molecule has 0 atom stereocenters. The average molecular weight is 403 g/mol. The van der Waals surface area contributed by atoms with Crippen molar-refractivity contribution in [2.45, 2.75) is 0 Å². The van der Waals surface area contributed by atoms with Crippen molar-refractivity contribution in [1.82, 2.24) is 14.8 Å². The highest BCUT2D eigenvalue weighted by Gasteiger charge is 2.19. The lowest BCUT2D eigenvalue weighted by Gasteiger charge is -2.05. The van der Waals surface area contributed by atoms with Gasteiger partial charge in [0.25, 0.3) is 11.6 Å². The molecule has 0 aliphatic carbocycles. The van der Waals surface area contributed by atoms with E-state index in [1.54, 1.807) is 0 Å². The Bertz CT molecular complexity index is 1220. The van der Waals surface area contributed by atoms with Crippen molar-refractivity contribution in [1.29, 1.82) is 0 Å². The molecule has 0 bridgehead atoms. The minimum Gasteiger partial charge on any atom is -0.319 e. The largest absolute Gasteiger partial charge is 0.319 e. The van der Waals surface area contributed by atoms with Gasteiger partial charge in [-0.15, -0.1) is 5.10 Å². The summed E-state index contributed by atoms with van der Waals surface area (Å²) >= 11 is 0. The number of aromatic nitrogens is 3. The summed E-state index contributed by atoms with van der Waals surface area (Å²) in [6, 6.07) is 20.3. The number of nitro groups is 1. The molecule has 30 heavy (non-hydrogen) atoms. The molecule has 0 radical (unpaired) electrons. The molecule has 0 aliphatic rings. The summed E-state index contributed by atoms with van der Waals surface area (Å²) in [7, 11) is 0. The lowest BCUT2D eigenvalue weighted by molar-refractivity contribution is -0.384. The van der Waals surface area contributed by atoms with E-state index in [-0.39, 0.29) is 17.2 Å². The molecule has 0 fully saturated rings. The van der Waals surface area contributed by atoms with Crippen LogP contribution in [0.1, 0.15) is 10.6 Å². The van der Waals surface area contributed by atoms with Crippen molar-refractivity contribution < 1.29 is 14.1 Å². The van der Waals surface area contributed by atoms with Crippen LogP contribution < -0.4 is 5.32 Å². The lowest BCUT2D eigenvalue weighted by atomic mass is 10.2. The van der Waals surface area contributed by atoms with Crippen LogP contribution in [-0.4, -0.2) is 25.6 Å². The number of carbonyl (C=O) groups excluding carboxylic acids is 1. The number of amides is 1. The second kappa shape index (κ2) is 7.92. The summed E-state index contributed by atoms with van der Waals surface area (Å²) in [5.41, 5.74) is 1.33. The van der Waals surface area contributed by atoms with Gasteiger partial charge in [-0.05, 0) is 30.3 Å². The SMILES string of the molecule is O=C(Nc1cccc([N+](=O)[O-])c1)c1nc(-c2ccccc2)n(-c2ccc(F)cc2)n1. The molecule has 4 rings (SSSR count). The Labute approximate surface area is 169 Å². The van der Waals surface area contributed by atoms with Gasteiger partial charge in [0.2, 0.25) is 5.82 Å². The molecular formula is C21H14FN5O3. The summed E-state index contributed by atoms with van der Waals surface area (Å²) in [5, 5.41) is 17.8.